The third-order valence-electron chi connectivity index (χ3n) is 3.35. The Morgan fingerprint density at radius 2 is 1.74 bits per heavy atom. The van der Waals surface area contributed by atoms with Crippen LogP contribution < -0.4 is 11.1 Å². The van der Waals surface area contributed by atoms with E-state index in [-0.39, 0.29) is 30.7 Å². The second-order valence-corrected chi connectivity index (χ2v) is 5.87. The van der Waals surface area contributed by atoms with Gasteiger partial charge in [0.1, 0.15) is 0 Å². The van der Waals surface area contributed by atoms with Gasteiger partial charge in [0.05, 0.1) is 5.56 Å². The fourth-order valence-electron chi connectivity index (χ4n) is 1.90. The summed E-state index contributed by atoms with van der Waals surface area (Å²) in [5.41, 5.74) is 8.91. The van der Waals surface area contributed by atoms with Crippen molar-refractivity contribution < 1.29 is 4.79 Å². The number of halogens is 2. The highest BCUT2D eigenvalue weighted by Gasteiger charge is 2.19. The Balaban J connectivity index is 0.00000242. The van der Waals surface area contributed by atoms with Crippen LogP contribution in [0.15, 0.2) is 42.7 Å². The van der Waals surface area contributed by atoms with Crippen LogP contribution >= 0.6 is 24.8 Å². The number of carbonyl (C=O) groups excluding carboxylic acids is 1. The Bertz CT molecular complexity index is 643. The molecule has 0 radical (unpaired) electrons. The molecule has 1 heterocycles. The predicted molar refractivity (Wildman–Crippen MR) is 99.5 cm³/mol. The van der Waals surface area contributed by atoms with Crippen molar-refractivity contribution in [2.24, 2.45) is 5.73 Å². The number of benzene rings is 1. The second-order valence-electron chi connectivity index (χ2n) is 5.87. The molecule has 23 heavy (non-hydrogen) atoms. The molecule has 0 aliphatic rings. The first kappa shape index (κ1) is 21.4. The molecule has 0 aliphatic heterocycles. The van der Waals surface area contributed by atoms with Crippen LogP contribution in [0.2, 0.25) is 0 Å². The zero-order chi connectivity index (χ0) is 15.5. The van der Waals surface area contributed by atoms with E-state index >= 15 is 0 Å². The van der Waals surface area contributed by atoms with Crippen molar-refractivity contribution in [2.45, 2.75) is 26.3 Å². The van der Waals surface area contributed by atoms with E-state index in [2.05, 4.69) is 10.3 Å². The molecule has 0 saturated carbocycles. The molecular weight excluding hydrogens is 333 g/mol. The maximum Gasteiger partial charge on any atom is 0.253 e. The van der Waals surface area contributed by atoms with Gasteiger partial charge in [-0.2, -0.15) is 0 Å². The SMILES string of the molecule is Cc1ccc(-c2cncc(C(=O)NC(C)(C)CN)c2)cc1.Cl.Cl. The lowest BCUT2D eigenvalue weighted by atomic mass is 10.0. The van der Waals surface area contributed by atoms with Gasteiger partial charge in [-0.15, -0.1) is 24.8 Å². The first-order valence-corrected chi connectivity index (χ1v) is 6.96. The molecule has 1 aromatic carbocycles. The van der Waals surface area contributed by atoms with Gasteiger partial charge < -0.3 is 11.1 Å². The second kappa shape index (κ2) is 8.87. The van der Waals surface area contributed by atoms with Crippen molar-refractivity contribution in [3.8, 4) is 11.1 Å². The summed E-state index contributed by atoms with van der Waals surface area (Å²) in [6.45, 7) is 6.20. The molecule has 0 unspecified atom stereocenters. The summed E-state index contributed by atoms with van der Waals surface area (Å²) in [5.74, 6) is -0.160. The van der Waals surface area contributed by atoms with Crippen LogP contribution in [0.5, 0.6) is 0 Å². The number of nitrogens with one attached hydrogen (secondary N) is 1. The molecule has 126 valence electrons. The summed E-state index contributed by atoms with van der Waals surface area (Å²) in [7, 11) is 0. The molecule has 2 aromatic rings. The summed E-state index contributed by atoms with van der Waals surface area (Å²) in [6, 6.07) is 9.98. The highest BCUT2D eigenvalue weighted by molar-refractivity contribution is 5.95. The molecule has 1 aromatic heterocycles. The number of aromatic nitrogens is 1. The standard InChI is InChI=1S/C17H21N3O.2ClH/c1-12-4-6-13(7-5-12)14-8-15(10-19-9-14)16(21)20-17(2,3)11-18;;/h4-10H,11,18H2,1-3H3,(H,20,21);2*1H. The van der Waals surface area contributed by atoms with E-state index in [1.165, 1.54) is 5.56 Å². The topological polar surface area (TPSA) is 68.0 Å². The van der Waals surface area contributed by atoms with Gasteiger partial charge in [0.25, 0.3) is 5.91 Å². The Morgan fingerprint density at radius 3 is 2.30 bits per heavy atom. The lowest BCUT2D eigenvalue weighted by molar-refractivity contribution is 0.0915. The highest BCUT2D eigenvalue weighted by atomic mass is 35.5. The minimum Gasteiger partial charge on any atom is -0.346 e. The number of pyridine rings is 1. The van der Waals surface area contributed by atoms with Crippen LogP contribution in [-0.2, 0) is 0 Å². The van der Waals surface area contributed by atoms with Gasteiger partial charge in [-0.05, 0) is 32.4 Å². The highest BCUT2D eigenvalue weighted by Crippen LogP contribution is 2.20. The molecule has 0 saturated heterocycles. The van der Waals surface area contributed by atoms with Crippen LogP contribution in [0.3, 0.4) is 0 Å². The number of aryl methyl sites for hydroxylation is 1. The van der Waals surface area contributed by atoms with Gasteiger partial charge in [0.15, 0.2) is 0 Å². The van der Waals surface area contributed by atoms with Crippen LogP contribution in [0, 0.1) is 6.92 Å². The molecule has 0 aliphatic carbocycles. The molecule has 0 atom stereocenters. The monoisotopic (exact) mass is 355 g/mol. The molecule has 4 nitrogen and oxygen atoms in total. The summed E-state index contributed by atoms with van der Waals surface area (Å²) < 4.78 is 0. The molecule has 0 spiro atoms. The average molecular weight is 356 g/mol. The minimum absolute atomic E-state index is 0. The average Bonchev–Trinajstić information content (AvgIpc) is 2.48. The number of amides is 1. The molecule has 1 amide bonds. The van der Waals surface area contributed by atoms with Crippen LogP contribution in [0.25, 0.3) is 11.1 Å². The number of nitrogens with two attached hydrogens (primary N) is 1. The van der Waals surface area contributed by atoms with Crippen molar-refractivity contribution in [2.75, 3.05) is 6.54 Å². The normalized spacial score (nSPS) is 10.3. The molecule has 0 bridgehead atoms. The maximum absolute atomic E-state index is 12.3. The molecular formula is C17H23Cl2N3O. The van der Waals surface area contributed by atoms with Gasteiger partial charge in [-0.3, -0.25) is 9.78 Å². The number of hydrogen-bond acceptors (Lipinski definition) is 3. The Kier molecular flexibility index (Phi) is 8.24. The Morgan fingerprint density at radius 1 is 1.13 bits per heavy atom. The van der Waals surface area contributed by atoms with Crippen molar-refractivity contribution in [3.63, 3.8) is 0 Å². The maximum atomic E-state index is 12.3. The van der Waals surface area contributed by atoms with Crippen molar-refractivity contribution in [1.82, 2.24) is 10.3 Å². The van der Waals surface area contributed by atoms with Crippen LogP contribution in [0.1, 0.15) is 29.8 Å². The van der Waals surface area contributed by atoms with E-state index in [9.17, 15) is 4.79 Å². The first-order valence-electron chi connectivity index (χ1n) is 6.96. The van der Waals surface area contributed by atoms with E-state index in [1.54, 1.807) is 12.4 Å². The van der Waals surface area contributed by atoms with Crippen molar-refractivity contribution >= 4 is 30.7 Å². The molecule has 3 N–H and O–H groups in total. The number of rotatable bonds is 4. The fraction of sp³-hybridized carbons (Fsp3) is 0.294. The summed E-state index contributed by atoms with van der Waals surface area (Å²) in [6.07, 6.45) is 3.33. The lowest BCUT2D eigenvalue weighted by Gasteiger charge is -2.24. The zero-order valence-electron chi connectivity index (χ0n) is 13.5. The number of carbonyl (C=O) groups is 1. The number of hydrogen-bond donors (Lipinski definition) is 2. The van der Waals surface area contributed by atoms with Gasteiger partial charge in [-0.1, -0.05) is 29.8 Å². The first-order chi connectivity index (χ1) is 9.91. The van der Waals surface area contributed by atoms with Gasteiger partial charge in [0, 0.05) is 30.0 Å². The Labute approximate surface area is 149 Å². The van der Waals surface area contributed by atoms with E-state index in [4.69, 9.17) is 5.73 Å². The van der Waals surface area contributed by atoms with E-state index in [1.807, 2.05) is 51.1 Å². The van der Waals surface area contributed by atoms with Crippen molar-refractivity contribution in [3.05, 3.63) is 53.9 Å². The van der Waals surface area contributed by atoms with Crippen LogP contribution in [0.4, 0.5) is 0 Å². The van der Waals surface area contributed by atoms with Gasteiger partial charge >= 0.3 is 0 Å². The van der Waals surface area contributed by atoms with E-state index in [0.717, 1.165) is 11.1 Å². The summed E-state index contributed by atoms with van der Waals surface area (Å²) in [4.78, 5) is 16.4. The molecule has 6 heteroatoms. The summed E-state index contributed by atoms with van der Waals surface area (Å²) >= 11 is 0. The van der Waals surface area contributed by atoms with E-state index < -0.39 is 5.54 Å². The largest absolute Gasteiger partial charge is 0.346 e. The Hall–Kier alpha value is -1.62. The number of nitrogens with zero attached hydrogens (tertiary/aromatic N) is 1. The molecule has 2 rings (SSSR count). The predicted octanol–water partition coefficient (Wildman–Crippen LogP) is 3.37. The minimum atomic E-state index is -0.434. The zero-order valence-corrected chi connectivity index (χ0v) is 15.1. The quantitative estimate of drug-likeness (QED) is 0.883. The fourth-order valence-corrected chi connectivity index (χ4v) is 1.90. The third-order valence-corrected chi connectivity index (χ3v) is 3.35. The van der Waals surface area contributed by atoms with Crippen molar-refractivity contribution in [1.29, 1.82) is 0 Å². The van der Waals surface area contributed by atoms with Gasteiger partial charge in [-0.25, -0.2) is 0 Å². The smallest absolute Gasteiger partial charge is 0.253 e. The summed E-state index contributed by atoms with van der Waals surface area (Å²) in [5, 5.41) is 2.91. The third kappa shape index (κ3) is 5.82. The van der Waals surface area contributed by atoms with Crippen LogP contribution in [-0.4, -0.2) is 23.0 Å². The molecule has 0 fully saturated rings. The van der Waals surface area contributed by atoms with E-state index in [0.29, 0.717) is 12.1 Å². The lowest BCUT2D eigenvalue weighted by Crippen LogP contribution is -2.48. The van der Waals surface area contributed by atoms with Gasteiger partial charge in [0.2, 0.25) is 0 Å².